The third kappa shape index (κ3) is 5.38. The molecule has 1 saturated heterocycles. The molecule has 0 spiro atoms. The molecule has 2 aromatic rings. The van der Waals surface area contributed by atoms with Crippen LogP contribution in [-0.4, -0.2) is 60.5 Å². The lowest BCUT2D eigenvalue weighted by molar-refractivity contribution is 0.384. The standard InChI is InChI=1S/C21H29N3O5S2/c1-4-17(2)22-30(25,26)20-8-10-21(11-9-20)31(27,28)24-14-12-23(13-15-24)18-6-5-7-19(16-18)29-3/h5-11,16-17,22H,4,12-15H2,1-3H3/t17-/m1/s1. The van der Waals surface area contributed by atoms with Crippen LogP contribution < -0.4 is 14.4 Å². The Morgan fingerprint density at radius 1 is 0.968 bits per heavy atom. The number of hydrogen-bond acceptors (Lipinski definition) is 6. The van der Waals surface area contributed by atoms with Crippen molar-refractivity contribution < 1.29 is 21.6 Å². The van der Waals surface area contributed by atoms with Gasteiger partial charge in [-0.25, -0.2) is 21.6 Å². The van der Waals surface area contributed by atoms with Crippen LogP contribution in [0, 0.1) is 0 Å². The fraction of sp³-hybridized carbons (Fsp3) is 0.429. The first-order valence-corrected chi connectivity index (χ1v) is 13.1. The first-order valence-electron chi connectivity index (χ1n) is 10.2. The van der Waals surface area contributed by atoms with Crippen LogP contribution in [0.3, 0.4) is 0 Å². The van der Waals surface area contributed by atoms with Gasteiger partial charge in [0, 0.05) is 44.0 Å². The third-order valence-electron chi connectivity index (χ3n) is 5.40. The summed E-state index contributed by atoms with van der Waals surface area (Å²) in [6.45, 7) is 5.46. The summed E-state index contributed by atoms with van der Waals surface area (Å²) in [6, 6.07) is 12.9. The van der Waals surface area contributed by atoms with E-state index in [0.717, 1.165) is 11.4 Å². The number of methoxy groups -OCH3 is 1. The van der Waals surface area contributed by atoms with E-state index in [4.69, 9.17) is 4.74 Å². The predicted molar refractivity (Wildman–Crippen MR) is 120 cm³/mol. The molecule has 8 nitrogen and oxygen atoms in total. The number of sulfonamides is 2. The Balaban J connectivity index is 1.70. The average molecular weight is 468 g/mol. The van der Waals surface area contributed by atoms with Crippen molar-refractivity contribution in [2.24, 2.45) is 0 Å². The van der Waals surface area contributed by atoms with E-state index < -0.39 is 20.0 Å². The normalized spacial score (nSPS) is 16.8. The molecule has 1 atom stereocenters. The van der Waals surface area contributed by atoms with Gasteiger partial charge in [0.05, 0.1) is 16.9 Å². The van der Waals surface area contributed by atoms with Crippen LogP contribution in [-0.2, 0) is 20.0 Å². The first kappa shape index (κ1) is 23.5. The molecule has 1 heterocycles. The number of piperazine rings is 1. The van der Waals surface area contributed by atoms with E-state index in [1.165, 1.54) is 28.6 Å². The second kappa shape index (κ2) is 9.56. The van der Waals surface area contributed by atoms with Gasteiger partial charge >= 0.3 is 0 Å². The van der Waals surface area contributed by atoms with E-state index in [0.29, 0.717) is 32.6 Å². The smallest absolute Gasteiger partial charge is 0.243 e. The highest BCUT2D eigenvalue weighted by Gasteiger charge is 2.29. The minimum absolute atomic E-state index is 0.0506. The zero-order valence-corrected chi connectivity index (χ0v) is 19.6. The van der Waals surface area contributed by atoms with E-state index in [1.807, 2.05) is 31.2 Å². The maximum atomic E-state index is 13.0. The molecule has 1 fully saturated rings. The van der Waals surface area contributed by atoms with Gasteiger partial charge in [-0.2, -0.15) is 4.31 Å². The Morgan fingerprint density at radius 3 is 2.16 bits per heavy atom. The minimum Gasteiger partial charge on any atom is -0.497 e. The SMILES string of the molecule is CC[C@@H](C)NS(=O)(=O)c1ccc(S(=O)(=O)N2CCN(c3cccc(OC)c3)CC2)cc1. The second-order valence-electron chi connectivity index (χ2n) is 7.49. The molecule has 1 aliphatic rings. The van der Waals surface area contributed by atoms with Crippen LogP contribution in [0.25, 0.3) is 0 Å². The molecule has 1 N–H and O–H groups in total. The van der Waals surface area contributed by atoms with Crippen molar-refractivity contribution >= 4 is 25.7 Å². The summed E-state index contributed by atoms with van der Waals surface area (Å²) in [5.41, 5.74) is 0.986. The molecule has 0 unspecified atom stereocenters. The van der Waals surface area contributed by atoms with Gasteiger partial charge in [0.25, 0.3) is 0 Å². The molecule has 0 aliphatic carbocycles. The third-order valence-corrected chi connectivity index (χ3v) is 8.92. The topological polar surface area (TPSA) is 96.0 Å². The largest absolute Gasteiger partial charge is 0.497 e. The Bertz CT molecular complexity index is 1090. The lowest BCUT2D eigenvalue weighted by Gasteiger charge is -2.35. The number of hydrogen-bond donors (Lipinski definition) is 1. The van der Waals surface area contributed by atoms with Crippen molar-refractivity contribution in [2.75, 3.05) is 38.2 Å². The molecule has 0 amide bonds. The van der Waals surface area contributed by atoms with Crippen LogP contribution >= 0.6 is 0 Å². The molecule has 0 saturated carbocycles. The maximum absolute atomic E-state index is 13.0. The van der Waals surface area contributed by atoms with Gasteiger partial charge in [-0.1, -0.05) is 13.0 Å². The van der Waals surface area contributed by atoms with Gasteiger partial charge < -0.3 is 9.64 Å². The molecule has 31 heavy (non-hydrogen) atoms. The second-order valence-corrected chi connectivity index (χ2v) is 11.1. The van der Waals surface area contributed by atoms with Gasteiger partial charge in [0.1, 0.15) is 5.75 Å². The Hall–Kier alpha value is -2.14. The summed E-state index contributed by atoms with van der Waals surface area (Å²) in [4.78, 5) is 2.25. The van der Waals surface area contributed by atoms with Crippen LogP contribution in [0.15, 0.2) is 58.3 Å². The summed E-state index contributed by atoms with van der Waals surface area (Å²) < 4.78 is 60.1. The van der Waals surface area contributed by atoms with Crippen LogP contribution in [0.1, 0.15) is 20.3 Å². The highest BCUT2D eigenvalue weighted by Crippen LogP contribution is 2.25. The van der Waals surface area contributed by atoms with Crippen LogP contribution in [0.4, 0.5) is 5.69 Å². The lowest BCUT2D eigenvalue weighted by Crippen LogP contribution is -2.48. The van der Waals surface area contributed by atoms with Crippen LogP contribution in [0.5, 0.6) is 5.75 Å². The number of benzene rings is 2. The van der Waals surface area contributed by atoms with Gasteiger partial charge in [-0.15, -0.1) is 0 Å². The zero-order chi connectivity index (χ0) is 22.6. The van der Waals surface area contributed by atoms with E-state index >= 15 is 0 Å². The molecule has 2 aromatic carbocycles. The van der Waals surface area contributed by atoms with E-state index in [-0.39, 0.29) is 15.8 Å². The molecule has 170 valence electrons. The molecule has 10 heteroatoms. The number of ether oxygens (including phenoxy) is 1. The summed E-state index contributed by atoms with van der Waals surface area (Å²) >= 11 is 0. The highest BCUT2D eigenvalue weighted by atomic mass is 32.2. The quantitative estimate of drug-likeness (QED) is 0.640. The van der Waals surface area contributed by atoms with Crippen LogP contribution in [0.2, 0.25) is 0 Å². The van der Waals surface area contributed by atoms with Crippen molar-refractivity contribution in [3.05, 3.63) is 48.5 Å². The molecule has 0 aromatic heterocycles. The molecule has 3 rings (SSSR count). The van der Waals surface area contributed by atoms with Gasteiger partial charge in [-0.05, 0) is 49.7 Å². The summed E-state index contributed by atoms with van der Waals surface area (Å²) in [5, 5.41) is 0. The van der Waals surface area contributed by atoms with E-state index in [9.17, 15) is 16.8 Å². The van der Waals surface area contributed by atoms with Crippen molar-refractivity contribution in [3.8, 4) is 5.75 Å². The van der Waals surface area contributed by atoms with Crippen molar-refractivity contribution in [2.45, 2.75) is 36.1 Å². The number of rotatable bonds is 8. The fourth-order valence-electron chi connectivity index (χ4n) is 3.35. The Morgan fingerprint density at radius 2 is 1.58 bits per heavy atom. The summed E-state index contributed by atoms with van der Waals surface area (Å²) in [7, 11) is -5.77. The van der Waals surface area contributed by atoms with Gasteiger partial charge in [0.15, 0.2) is 0 Å². The zero-order valence-electron chi connectivity index (χ0n) is 18.0. The lowest BCUT2D eigenvalue weighted by atomic mass is 10.2. The molecule has 1 aliphatic heterocycles. The number of nitrogens with zero attached hydrogens (tertiary/aromatic N) is 2. The Labute approximate surface area is 184 Å². The molecular weight excluding hydrogens is 438 g/mol. The first-order chi connectivity index (χ1) is 14.7. The fourth-order valence-corrected chi connectivity index (χ4v) is 6.10. The highest BCUT2D eigenvalue weighted by molar-refractivity contribution is 7.89. The van der Waals surface area contributed by atoms with E-state index in [2.05, 4.69) is 9.62 Å². The summed E-state index contributed by atoms with van der Waals surface area (Å²) in [6.07, 6.45) is 0.660. The number of anilines is 1. The molecule has 0 bridgehead atoms. The average Bonchev–Trinajstić information content (AvgIpc) is 2.79. The van der Waals surface area contributed by atoms with Crippen molar-refractivity contribution in [3.63, 3.8) is 0 Å². The monoisotopic (exact) mass is 467 g/mol. The van der Waals surface area contributed by atoms with Crippen molar-refractivity contribution in [1.29, 1.82) is 0 Å². The van der Waals surface area contributed by atoms with Gasteiger partial charge in [0.2, 0.25) is 20.0 Å². The summed E-state index contributed by atoms with van der Waals surface area (Å²) in [5.74, 6) is 0.755. The van der Waals surface area contributed by atoms with Crippen molar-refractivity contribution in [1.82, 2.24) is 9.03 Å². The predicted octanol–water partition coefficient (Wildman–Crippen LogP) is 2.28. The molecule has 0 radical (unpaired) electrons. The Kier molecular flexibility index (Phi) is 7.25. The van der Waals surface area contributed by atoms with Gasteiger partial charge in [-0.3, -0.25) is 0 Å². The maximum Gasteiger partial charge on any atom is 0.243 e. The molecular formula is C21H29N3O5S2. The number of nitrogens with one attached hydrogen (secondary N) is 1. The van der Waals surface area contributed by atoms with E-state index in [1.54, 1.807) is 14.0 Å². The minimum atomic E-state index is -3.70.